The van der Waals surface area contributed by atoms with E-state index in [0.717, 1.165) is 5.56 Å². The van der Waals surface area contributed by atoms with Gasteiger partial charge < -0.3 is 10.1 Å². The van der Waals surface area contributed by atoms with Gasteiger partial charge in [0.2, 0.25) is 10.0 Å². The fourth-order valence-corrected chi connectivity index (χ4v) is 2.12. The number of primary sulfonamides is 1. The van der Waals surface area contributed by atoms with Crippen molar-refractivity contribution >= 4 is 10.0 Å². The predicted molar refractivity (Wildman–Crippen MR) is 66.3 cm³/mol. The normalized spacial score (nSPS) is 11.8. The average Bonchev–Trinajstić information content (AvgIpc) is 2.24. The molecular weight excluding hydrogens is 240 g/mol. The van der Waals surface area contributed by atoms with Crippen LogP contribution in [0.5, 0.6) is 5.75 Å². The van der Waals surface area contributed by atoms with Crippen molar-refractivity contribution in [3.05, 3.63) is 23.8 Å². The predicted octanol–water partition coefficient (Wildman–Crippen LogP) is 0.841. The largest absolute Gasteiger partial charge is 0.495 e. The van der Waals surface area contributed by atoms with E-state index in [1.165, 1.54) is 13.2 Å². The van der Waals surface area contributed by atoms with Gasteiger partial charge in [0.1, 0.15) is 10.6 Å². The Balaban J connectivity index is 3.06. The molecule has 0 unspecified atom stereocenters. The SMILES string of the molecule is COc1ccc(CNC(C)C)cc1S(N)(=O)=O. The summed E-state index contributed by atoms with van der Waals surface area (Å²) in [5.74, 6) is 0.265. The van der Waals surface area contributed by atoms with E-state index in [1.54, 1.807) is 6.07 Å². The first-order valence-electron chi connectivity index (χ1n) is 5.27. The van der Waals surface area contributed by atoms with Crippen LogP contribution in [-0.2, 0) is 16.6 Å². The highest BCUT2D eigenvalue weighted by Gasteiger charge is 2.15. The average molecular weight is 258 g/mol. The zero-order valence-corrected chi connectivity index (χ0v) is 11.0. The molecular formula is C11H18N2O3S. The van der Waals surface area contributed by atoms with Crippen LogP contribution in [0.2, 0.25) is 0 Å². The van der Waals surface area contributed by atoms with Gasteiger partial charge in [0.25, 0.3) is 0 Å². The maximum Gasteiger partial charge on any atom is 0.241 e. The van der Waals surface area contributed by atoms with Crippen LogP contribution >= 0.6 is 0 Å². The molecule has 0 heterocycles. The summed E-state index contributed by atoms with van der Waals surface area (Å²) in [4.78, 5) is 0.0167. The monoisotopic (exact) mass is 258 g/mol. The topological polar surface area (TPSA) is 81.4 Å². The molecule has 0 bridgehead atoms. The van der Waals surface area contributed by atoms with Gasteiger partial charge in [-0.15, -0.1) is 0 Å². The lowest BCUT2D eigenvalue weighted by molar-refractivity contribution is 0.402. The zero-order chi connectivity index (χ0) is 13.1. The van der Waals surface area contributed by atoms with Crippen LogP contribution in [0.3, 0.4) is 0 Å². The number of hydrogen-bond donors (Lipinski definition) is 2. The number of nitrogens with one attached hydrogen (secondary N) is 1. The second-order valence-corrected chi connectivity index (χ2v) is 5.60. The molecule has 0 atom stereocenters. The minimum atomic E-state index is -3.76. The molecule has 0 fully saturated rings. The molecule has 0 aromatic heterocycles. The van der Waals surface area contributed by atoms with E-state index < -0.39 is 10.0 Å². The first-order chi connectivity index (χ1) is 7.84. The summed E-state index contributed by atoms with van der Waals surface area (Å²) in [6.07, 6.45) is 0. The molecule has 0 aliphatic rings. The number of sulfonamides is 1. The Kier molecular flexibility index (Phi) is 4.50. The molecule has 1 rings (SSSR count). The summed E-state index contributed by atoms with van der Waals surface area (Å²) in [6, 6.07) is 5.28. The Morgan fingerprint density at radius 1 is 1.41 bits per heavy atom. The van der Waals surface area contributed by atoms with Crippen molar-refractivity contribution in [2.45, 2.75) is 31.3 Å². The molecule has 0 saturated heterocycles. The Morgan fingerprint density at radius 3 is 2.53 bits per heavy atom. The third-order valence-electron chi connectivity index (χ3n) is 2.25. The number of nitrogens with two attached hydrogens (primary N) is 1. The van der Waals surface area contributed by atoms with Crippen molar-refractivity contribution in [2.24, 2.45) is 5.14 Å². The van der Waals surface area contributed by atoms with E-state index in [4.69, 9.17) is 9.88 Å². The summed E-state index contributed by atoms with van der Waals surface area (Å²) >= 11 is 0. The maximum absolute atomic E-state index is 11.4. The quantitative estimate of drug-likeness (QED) is 0.820. The van der Waals surface area contributed by atoms with E-state index in [2.05, 4.69) is 5.32 Å². The van der Waals surface area contributed by atoms with Crippen LogP contribution < -0.4 is 15.2 Å². The summed E-state index contributed by atoms with van der Waals surface area (Å²) in [5.41, 5.74) is 0.850. The van der Waals surface area contributed by atoms with E-state index in [1.807, 2.05) is 19.9 Å². The van der Waals surface area contributed by atoms with Crippen molar-refractivity contribution < 1.29 is 13.2 Å². The molecule has 5 nitrogen and oxygen atoms in total. The van der Waals surface area contributed by atoms with Gasteiger partial charge in [-0.2, -0.15) is 0 Å². The Morgan fingerprint density at radius 2 is 2.06 bits per heavy atom. The number of hydrogen-bond acceptors (Lipinski definition) is 4. The lowest BCUT2D eigenvalue weighted by Crippen LogP contribution is -2.22. The van der Waals surface area contributed by atoms with Gasteiger partial charge in [-0.05, 0) is 17.7 Å². The third-order valence-corrected chi connectivity index (χ3v) is 3.18. The van der Waals surface area contributed by atoms with E-state index in [0.29, 0.717) is 12.6 Å². The first kappa shape index (κ1) is 14.0. The fourth-order valence-electron chi connectivity index (χ4n) is 1.38. The Hall–Kier alpha value is -1.11. The number of benzene rings is 1. The molecule has 17 heavy (non-hydrogen) atoms. The van der Waals surface area contributed by atoms with Crippen molar-refractivity contribution in [3.8, 4) is 5.75 Å². The second-order valence-electron chi connectivity index (χ2n) is 4.07. The highest BCUT2D eigenvalue weighted by atomic mass is 32.2. The van der Waals surface area contributed by atoms with Gasteiger partial charge in [0, 0.05) is 12.6 Å². The Bertz CT molecular complexity index is 483. The van der Waals surface area contributed by atoms with Crippen LogP contribution in [0.15, 0.2) is 23.1 Å². The molecule has 1 aromatic rings. The molecule has 0 radical (unpaired) electrons. The molecule has 0 saturated carbocycles. The molecule has 1 aromatic carbocycles. The van der Waals surface area contributed by atoms with E-state index in [9.17, 15) is 8.42 Å². The molecule has 0 amide bonds. The highest BCUT2D eigenvalue weighted by Crippen LogP contribution is 2.23. The summed E-state index contributed by atoms with van der Waals surface area (Å²) in [7, 11) is -2.35. The summed E-state index contributed by atoms with van der Waals surface area (Å²) in [6.45, 7) is 4.62. The Labute approximate surface area is 102 Å². The van der Waals surface area contributed by atoms with Gasteiger partial charge in [-0.1, -0.05) is 19.9 Å². The highest BCUT2D eigenvalue weighted by molar-refractivity contribution is 7.89. The van der Waals surface area contributed by atoms with Crippen molar-refractivity contribution in [2.75, 3.05) is 7.11 Å². The molecule has 0 aliphatic carbocycles. The smallest absolute Gasteiger partial charge is 0.241 e. The van der Waals surface area contributed by atoms with Gasteiger partial charge in [-0.3, -0.25) is 0 Å². The zero-order valence-electron chi connectivity index (χ0n) is 10.2. The number of ether oxygens (including phenoxy) is 1. The molecule has 0 aliphatic heterocycles. The van der Waals surface area contributed by atoms with Crippen LogP contribution in [0.1, 0.15) is 19.4 Å². The maximum atomic E-state index is 11.4. The first-order valence-corrected chi connectivity index (χ1v) is 6.82. The summed E-state index contributed by atoms with van der Waals surface area (Å²) < 4.78 is 27.7. The van der Waals surface area contributed by atoms with Crippen LogP contribution in [0, 0.1) is 0 Å². The third kappa shape index (κ3) is 3.99. The molecule has 0 spiro atoms. The standard InChI is InChI=1S/C11H18N2O3S/c1-8(2)13-7-9-4-5-10(16-3)11(6-9)17(12,14)15/h4-6,8,13H,7H2,1-3H3,(H2,12,14,15). The van der Waals surface area contributed by atoms with E-state index >= 15 is 0 Å². The van der Waals surface area contributed by atoms with Crippen LogP contribution in [0.25, 0.3) is 0 Å². The van der Waals surface area contributed by atoms with Crippen LogP contribution in [-0.4, -0.2) is 21.6 Å². The molecule has 96 valence electrons. The number of methoxy groups -OCH3 is 1. The lowest BCUT2D eigenvalue weighted by atomic mass is 10.2. The van der Waals surface area contributed by atoms with E-state index in [-0.39, 0.29) is 10.6 Å². The van der Waals surface area contributed by atoms with Gasteiger partial charge >= 0.3 is 0 Å². The summed E-state index contributed by atoms with van der Waals surface area (Å²) in [5, 5.41) is 8.33. The van der Waals surface area contributed by atoms with Gasteiger partial charge in [0.15, 0.2) is 0 Å². The number of rotatable bonds is 5. The minimum Gasteiger partial charge on any atom is -0.495 e. The van der Waals surface area contributed by atoms with Crippen molar-refractivity contribution in [3.63, 3.8) is 0 Å². The second kappa shape index (κ2) is 5.48. The van der Waals surface area contributed by atoms with Crippen LogP contribution in [0.4, 0.5) is 0 Å². The fraction of sp³-hybridized carbons (Fsp3) is 0.455. The minimum absolute atomic E-state index is 0.0167. The van der Waals surface area contributed by atoms with Gasteiger partial charge in [-0.25, -0.2) is 13.6 Å². The van der Waals surface area contributed by atoms with Crippen molar-refractivity contribution in [1.29, 1.82) is 0 Å². The molecule has 6 heteroatoms. The van der Waals surface area contributed by atoms with Gasteiger partial charge in [0.05, 0.1) is 7.11 Å². The molecule has 3 N–H and O–H groups in total. The van der Waals surface area contributed by atoms with Crippen molar-refractivity contribution in [1.82, 2.24) is 5.32 Å². The lowest BCUT2D eigenvalue weighted by Gasteiger charge is -2.11.